The Kier molecular flexibility index (Phi) is 5.51. The molecule has 4 aliphatic rings. The fourth-order valence-corrected chi connectivity index (χ4v) is 7.51. The quantitative estimate of drug-likeness (QED) is 0.764. The third kappa shape index (κ3) is 4.16. The monoisotopic (exact) mass is 431 g/mol. The fourth-order valence-electron chi connectivity index (χ4n) is 5.40. The number of nitrogens with one attached hydrogen (secondary N) is 1. The predicted octanol–water partition coefficient (Wildman–Crippen LogP) is 2.80. The molecule has 2 aromatic rings. The Morgan fingerprint density at radius 3 is 2.72 bits per heavy atom. The van der Waals surface area contributed by atoms with Crippen molar-refractivity contribution in [2.75, 3.05) is 32.7 Å². The van der Waals surface area contributed by atoms with Crippen LogP contribution < -0.4 is 4.72 Å². The summed E-state index contributed by atoms with van der Waals surface area (Å²) in [6.07, 6.45) is 3.52. The van der Waals surface area contributed by atoms with Crippen LogP contribution in [0.3, 0.4) is 0 Å². The number of rotatable bonds is 6. The van der Waals surface area contributed by atoms with Crippen LogP contribution in [0, 0.1) is 11.8 Å². The molecule has 0 amide bonds. The van der Waals surface area contributed by atoms with Crippen LogP contribution in [0.4, 0.5) is 0 Å². The zero-order valence-corrected chi connectivity index (χ0v) is 18.3. The summed E-state index contributed by atoms with van der Waals surface area (Å²) in [4.78, 5) is 5.16. The van der Waals surface area contributed by atoms with E-state index in [4.69, 9.17) is 0 Å². The molecule has 0 spiro atoms. The molecule has 5 nitrogen and oxygen atoms in total. The lowest BCUT2D eigenvalue weighted by atomic mass is 9.75. The Labute approximate surface area is 177 Å². The van der Waals surface area contributed by atoms with Gasteiger partial charge in [0.1, 0.15) is 4.21 Å². The lowest BCUT2D eigenvalue weighted by Gasteiger charge is -2.51. The average Bonchev–Trinajstić information content (AvgIpc) is 3.29. The molecular weight excluding hydrogens is 402 g/mol. The van der Waals surface area contributed by atoms with Crippen molar-refractivity contribution in [1.82, 2.24) is 14.5 Å². The SMILES string of the molecule is O=S(=O)(NC[C@H]1C[C@@H]2CCN1C[C@@H]2CN1CCc2ccccc2C1)c1cccs1. The molecule has 1 unspecified atom stereocenters. The van der Waals surface area contributed by atoms with Crippen molar-refractivity contribution < 1.29 is 8.42 Å². The first-order chi connectivity index (χ1) is 14.1. The Hall–Kier alpha value is -1.25. The van der Waals surface area contributed by atoms with E-state index in [1.165, 1.54) is 35.4 Å². The van der Waals surface area contributed by atoms with Crippen LogP contribution in [0.2, 0.25) is 0 Å². The number of benzene rings is 1. The van der Waals surface area contributed by atoms with Gasteiger partial charge in [0.15, 0.2) is 0 Å². The number of sulfonamides is 1. The topological polar surface area (TPSA) is 52.7 Å². The Bertz CT molecular complexity index is 945. The van der Waals surface area contributed by atoms with Crippen LogP contribution in [0.1, 0.15) is 24.0 Å². The molecule has 3 saturated heterocycles. The molecule has 3 fully saturated rings. The zero-order chi connectivity index (χ0) is 19.8. The van der Waals surface area contributed by atoms with Crippen molar-refractivity contribution in [3.05, 3.63) is 52.9 Å². The largest absolute Gasteiger partial charge is 0.299 e. The van der Waals surface area contributed by atoms with Gasteiger partial charge in [0.25, 0.3) is 0 Å². The first kappa shape index (κ1) is 19.7. The third-order valence-corrected chi connectivity index (χ3v) is 9.81. The molecule has 1 aromatic carbocycles. The standard InChI is InChI=1S/C22H29N3O2S2/c26-29(27,22-6-3-11-28-22)23-13-21-12-18-8-10-25(21)16-20(18)15-24-9-7-17-4-1-2-5-19(17)14-24/h1-6,11,18,20-21,23H,7-10,12-16H2/t18-,20-,21+/m0/s1. The second-order valence-electron chi connectivity index (χ2n) is 8.73. The highest BCUT2D eigenvalue weighted by atomic mass is 32.2. The summed E-state index contributed by atoms with van der Waals surface area (Å²) >= 11 is 1.28. The highest BCUT2D eigenvalue weighted by Gasteiger charge is 2.41. The van der Waals surface area contributed by atoms with Crippen LogP contribution in [0.25, 0.3) is 0 Å². The number of piperidine rings is 3. The minimum absolute atomic E-state index is 0.335. The first-order valence-electron chi connectivity index (χ1n) is 10.6. The molecule has 0 radical (unpaired) electrons. The molecule has 29 heavy (non-hydrogen) atoms. The van der Waals surface area contributed by atoms with Crippen LogP contribution in [-0.2, 0) is 23.0 Å². The van der Waals surface area contributed by atoms with E-state index in [1.807, 2.05) is 5.38 Å². The van der Waals surface area contributed by atoms with Crippen molar-refractivity contribution in [3.8, 4) is 0 Å². The Morgan fingerprint density at radius 2 is 1.97 bits per heavy atom. The molecule has 0 aliphatic carbocycles. The van der Waals surface area contributed by atoms with Gasteiger partial charge in [-0.15, -0.1) is 11.3 Å². The molecule has 1 aromatic heterocycles. The van der Waals surface area contributed by atoms with E-state index in [0.29, 0.717) is 28.6 Å². The summed E-state index contributed by atoms with van der Waals surface area (Å²) in [6.45, 7) is 6.14. The average molecular weight is 432 g/mol. The molecule has 4 atom stereocenters. The van der Waals surface area contributed by atoms with E-state index >= 15 is 0 Å². The van der Waals surface area contributed by atoms with Gasteiger partial charge < -0.3 is 0 Å². The van der Waals surface area contributed by atoms with Gasteiger partial charge in [-0.25, -0.2) is 13.1 Å². The van der Waals surface area contributed by atoms with Gasteiger partial charge in [0.05, 0.1) is 0 Å². The molecule has 0 saturated carbocycles. The summed E-state index contributed by atoms with van der Waals surface area (Å²) in [5.74, 6) is 1.42. The summed E-state index contributed by atoms with van der Waals surface area (Å²) in [5, 5.41) is 1.81. The van der Waals surface area contributed by atoms with E-state index in [-0.39, 0.29) is 0 Å². The second kappa shape index (κ2) is 8.12. The van der Waals surface area contributed by atoms with Crippen LogP contribution in [0.15, 0.2) is 46.0 Å². The maximum atomic E-state index is 12.4. The minimum Gasteiger partial charge on any atom is -0.299 e. The van der Waals surface area contributed by atoms with E-state index in [0.717, 1.165) is 39.0 Å². The summed E-state index contributed by atoms with van der Waals surface area (Å²) in [7, 11) is -3.36. The Morgan fingerprint density at radius 1 is 1.10 bits per heavy atom. The van der Waals surface area contributed by atoms with Crippen molar-refractivity contribution in [2.45, 2.75) is 36.1 Å². The number of thiophene rings is 1. The first-order valence-corrected chi connectivity index (χ1v) is 13.0. The van der Waals surface area contributed by atoms with Crippen LogP contribution in [-0.4, -0.2) is 57.0 Å². The van der Waals surface area contributed by atoms with E-state index in [2.05, 4.69) is 38.8 Å². The van der Waals surface area contributed by atoms with E-state index in [9.17, 15) is 8.42 Å². The van der Waals surface area contributed by atoms with E-state index in [1.54, 1.807) is 12.1 Å². The molecule has 6 rings (SSSR count). The number of hydrogen-bond donors (Lipinski definition) is 1. The van der Waals surface area contributed by atoms with Gasteiger partial charge in [-0.1, -0.05) is 30.3 Å². The van der Waals surface area contributed by atoms with Gasteiger partial charge in [-0.05, 0) is 60.2 Å². The molecule has 5 heterocycles. The summed E-state index contributed by atoms with van der Waals surface area (Å²) in [5.41, 5.74) is 3.00. The van der Waals surface area contributed by atoms with Gasteiger partial charge in [-0.3, -0.25) is 9.80 Å². The van der Waals surface area contributed by atoms with Gasteiger partial charge in [0, 0.05) is 38.8 Å². The lowest BCUT2D eigenvalue weighted by Crippen LogP contribution is -2.58. The lowest BCUT2D eigenvalue weighted by molar-refractivity contribution is -0.0118. The number of hydrogen-bond acceptors (Lipinski definition) is 5. The normalized spacial score (nSPS) is 29.7. The van der Waals surface area contributed by atoms with Crippen molar-refractivity contribution in [2.24, 2.45) is 11.8 Å². The highest BCUT2D eigenvalue weighted by molar-refractivity contribution is 7.91. The summed E-state index contributed by atoms with van der Waals surface area (Å²) in [6, 6.07) is 12.6. The number of nitrogens with zero attached hydrogens (tertiary/aromatic N) is 2. The highest BCUT2D eigenvalue weighted by Crippen LogP contribution is 2.37. The molecule has 156 valence electrons. The molecular formula is C22H29N3O2S2. The van der Waals surface area contributed by atoms with Gasteiger partial charge in [0.2, 0.25) is 10.0 Å². The maximum Gasteiger partial charge on any atom is 0.250 e. The minimum atomic E-state index is -3.36. The van der Waals surface area contributed by atoms with Crippen molar-refractivity contribution in [1.29, 1.82) is 0 Å². The molecule has 1 N–H and O–H groups in total. The molecule has 7 heteroatoms. The van der Waals surface area contributed by atoms with Gasteiger partial charge >= 0.3 is 0 Å². The van der Waals surface area contributed by atoms with Crippen LogP contribution in [0.5, 0.6) is 0 Å². The van der Waals surface area contributed by atoms with Crippen molar-refractivity contribution in [3.63, 3.8) is 0 Å². The van der Waals surface area contributed by atoms with Crippen LogP contribution >= 0.6 is 11.3 Å². The Balaban J connectivity index is 1.17. The molecule has 4 aliphatic heterocycles. The summed E-state index contributed by atoms with van der Waals surface area (Å²) < 4.78 is 28.2. The second-order valence-corrected chi connectivity index (χ2v) is 11.7. The maximum absolute atomic E-state index is 12.4. The predicted molar refractivity (Wildman–Crippen MR) is 117 cm³/mol. The van der Waals surface area contributed by atoms with E-state index < -0.39 is 10.0 Å². The fraction of sp³-hybridized carbons (Fsp3) is 0.545. The zero-order valence-electron chi connectivity index (χ0n) is 16.7. The van der Waals surface area contributed by atoms with Gasteiger partial charge in [-0.2, -0.15) is 0 Å². The molecule has 2 bridgehead atoms. The third-order valence-electron chi connectivity index (χ3n) is 6.99. The van der Waals surface area contributed by atoms with Crippen molar-refractivity contribution >= 4 is 21.4 Å². The number of fused-ring (bicyclic) bond motifs is 4. The smallest absolute Gasteiger partial charge is 0.250 e.